The molecule has 1 atom stereocenters. The van der Waals surface area contributed by atoms with Gasteiger partial charge in [0.25, 0.3) is 0 Å². The molecule has 2 aromatic rings. The van der Waals surface area contributed by atoms with Gasteiger partial charge in [-0.1, -0.05) is 30.3 Å². The Morgan fingerprint density at radius 1 is 1.19 bits per heavy atom. The fourth-order valence-electron chi connectivity index (χ4n) is 2.47. The van der Waals surface area contributed by atoms with Crippen LogP contribution in [-0.4, -0.2) is 11.9 Å². The molecule has 0 fully saturated rings. The SMILES string of the molecule is O=C(Nc1c(F)cccc1Br)[C@H]1Cc2ccccc2CN1. The number of fused-ring (bicyclic) bond motifs is 1. The molecular weight excluding hydrogens is 335 g/mol. The van der Waals surface area contributed by atoms with Crippen LogP contribution in [0.3, 0.4) is 0 Å². The maximum absolute atomic E-state index is 13.8. The first kappa shape index (κ1) is 14.2. The Morgan fingerprint density at radius 3 is 2.71 bits per heavy atom. The molecule has 2 N–H and O–H groups in total. The standard InChI is InChI=1S/C16H14BrFN2O/c17-12-6-3-7-13(18)15(12)20-16(21)14-8-10-4-1-2-5-11(10)9-19-14/h1-7,14,19H,8-9H2,(H,20,21)/t14-/m1/s1. The van der Waals surface area contributed by atoms with Crippen molar-refractivity contribution in [2.24, 2.45) is 0 Å². The number of carbonyl (C=O) groups is 1. The third kappa shape index (κ3) is 2.99. The van der Waals surface area contributed by atoms with E-state index in [9.17, 15) is 9.18 Å². The maximum Gasteiger partial charge on any atom is 0.241 e. The molecule has 3 nitrogen and oxygen atoms in total. The number of halogens is 2. The first-order valence-electron chi connectivity index (χ1n) is 6.70. The Morgan fingerprint density at radius 2 is 1.95 bits per heavy atom. The van der Waals surface area contributed by atoms with E-state index in [4.69, 9.17) is 0 Å². The van der Waals surface area contributed by atoms with Crippen LogP contribution in [0, 0.1) is 5.82 Å². The zero-order valence-electron chi connectivity index (χ0n) is 11.2. The van der Waals surface area contributed by atoms with Gasteiger partial charge in [-0.25, -0.2) is 4.39 Å². The first-order chi connectivity index (χ1) is 10.1. The maximum atomic E-state index is 13.8. The lowest BCUT2D eigenvalue weighted by atomic mass is 9.95. The van der Waals surface area contributed by atoms with Crippen molar-refractivity contribution in [3.8, 4) is 0 Å². The van der Waals surface area contributed by atoms with Crippen LogP contribution < -0.4 is 10.6 Å². The van der Waals surface area contributed by atoms with Crippen LogP contribution in [0.4, 0.5) is 10.1 Å². The highest BCUT2D eigenvalue weighted by Gasteiger charge is 2.24. The van der Waals surface area contributed by atoms with Crippen LogP contribution in [0.5, 0.6) is 0 Å². The molecule has 1 heterocycles. The quantitative estimate of drug-likeness (QED) is 0.874. The number of anilines is 1. The van der Waals surface area contributed by atoms with Gasteiger partial charge in [0.15, 0.2) is 0 Å². The average molecular weight is 349 g/mol. The van der Waals surface area contributed by atoms with Crippen molar-refractivity contribution in [2.75, 3.05) is 5.32 Å². The molecule has 1 amide bonds. The lowest BCUT2D eigenvalue weighted by molar-refractivity contribution is -0.118. The van der Waals surface area contributed by atoms with Crippen LogP contribution in [0.15, 0.2) is 46.9 Å². The minimum Gasteiger partial charge on any atom is -0.321 e. The summed E-state index contributed by atoms with van der Waals surface area (Å²) >= 11 is 3.25. The van der Waals surface area contributed by atoms with E-state index in [1.165, 1.54) is 11.6 Å². The molecule has 5 heteroatoms. The zero-order chi connectivity index (χ0) is 14.8. The van der Waals surface area contributed by atoms with Crippen molar-refractivity contribution in [3.63, 3.8) is 0 Å². The molecule has 0 spiro atoms. The van der Waals surface area contributed by atoms with Crippen molar-refractivity contribution in [1.82, 2.24) is 5.32 Å². The molecule has 0 saturated carbocycles. The molecule has 0 unspecified atom stereocenters. The number of nitrogens with one attached hydrogen (secondary N) is 2. The summed E-state index contributed by atoms with van der Waals surface area (Å²) < 4.78 is 14.3. The van der Waals surface area contributed by atoms with Gasteiger partial charge in [0.1, 0.15) is 5.82 Å². The number of hydrogen-bond acceptors (Lipinski definition) is 2. The van der Waals surface area contributed by atoms with Gasteiger partial charge >= 0.3 is 0 Å². The van der Waals surface area contributed by atoms with Crippen molar-refractivity contribution in [3.05, 3.63) is 63.9 Å². The summed E-state index contributed by atoms with van der Waals surface area (Å²) in [7, 11) is 0. The molecule has 0 aromatic heterocycles. The normalized spacial score (nSPS) is 17.1. The van der Waals surface area contributed by atoms with E-state index in [0.29, 0.717) is 17.4 Å². The van der Waals surface area contributed by atoms with E-state index in [2.05, 4.69) is 26.6 Å². The Hall–Kier alpha value is -1.72. The predicted molar refractivity (Wildman–Crippen MR) is 83.5 cm³/mol. The van der Waals surface area contributed by atoms with Gasteiger partial charge in [-0.3, -0.25) is 4.79 Å². The fourth-order valence-corrected chi connectivity index (χ4v) is 2.91. The molecule has 0 aliphatic carbocycles. The summed E-state index contributed by atoms with van der Waals surface area (Å²) in [6.07, 6.45) is 0.605. The third-order valence-corrected chi connectivity index (χ3v) is 4.27. The summed E-state index contributed by atoms with van der Waals surface area (Å²) in [5, 5.41) is 5.84. The highest BCUT2D eigenvalue weighted by molar-refractivity contribution is 9.10. The molecule has 2 aromatic carbocycles. The Balaban J connectivity index is 1.76. The van der Waals surface area contributed by atoms with Crippen LogP contribution in [0.2, 0.25) is 0 Å². The molecule has 108 valence electrons. The van der Waals surface area contributed by atoms with E-state index in [-0.39, 0.29) is 17.6 Å². The molecule has 21 heavy (non-hydrogen) atoms. The Labute approximate surface area is 130 Å². The monoisotopic (exact) mass is 348 g/mol. The number of hydrogen-bond donors (Lipinski definition) is 2. The molecule has 0 bridgehead atoms. The van der Waals surface area contributed by atoms with E-state index in [1.807, 2.05) is 24.3 Å². The second kappa shape index (κ2) is 5.95. The second-order valence-corrected chi connectivity index (χ2v) is 5.85. The lowest BCUT2D eigenvalue weighted by Crippen LogP contribution is -2.44. The average Bonchev–Trinajstić information content (AvgIpc) is 2.50. The lowest BCUT2D eigenvalue weighted by Gasteiger charge is -2.25. The highest BCUT2D eigenvalue weighted by atomic mass is 79.9. The smallest absolute Gasteiger partial charge is 0.241 e. The predicted octanol–water partition coefficient (Wildman–Crippen LogP) is 3.24. The summed E-state index contributed by atoms with van der Waals surface area (Å²) in [5.74, 6) is -0.677. The van der Waals surface area contributed by atoms with Crippen LogP contribution in [-0.2, 0) is 17.8 Å². The van der Waals surface area contributed by atoms with Crippen LogP contribution in [0.1, 0.15) is 11.1 Å². The largest absolute Gasteiger partial charge is 0.321 e. The van der Waals surface area contributed by atoms with Gasteiger partial charge in [-0.2, -0.15) is 0 Å². The van der Waals surface area contributed by atoms with E-state index < -0.39 is 5.82 Å². The summed E-state index contributed by atoms with van der Waals surface area (Å²) in [6, 6.07) is 12.3. The highest BCUT2D eigenvalue weighted by Crippen LogP contribution is 2.26. The summed E-state index contributed by atoms with van der Waals surface area (Å²) in [5.41, 5.74) is 2.54. The van der Waals surface area contributed by atoms with E-state index in [1.54, 1.807) is 12.1 Å². The zero-order valence-corrected chi connectivity index (χ0v) is 12.8. The Bertz CT molecular complexity index is 669. The fraction of sp³-hybridized carbons (Fsp3) is 0.188. The number of benzene rings is 2. The van der Waals surface area contributed by atoms with Gasteiger partial charge in [0.05, 0.1) is 11.7 Å². The van der Waals surface area contributed by atoms with Crippen molar-refractivity contribution in [2.45, 2.75) is 19.0 Å². The van der Waals surface area contributed by atoms with Crippen LogP contribution in [0.25, 0.3) is 0 Å². The molecule has 1 aliphatic rings. The summed E-state index contributed by atoms with van der Waals surface area (Å²) in [4.78, 5) is 12.3. The number of para-hydroxylation sites is 1. The van der Waals surface area contributed by atoms with Gasteiger partial charge in [0, 0.05) is 11.0 Å². The molecule has 0 radical (unpaired) electrons. The molecular formula is C16H14BrFN2O. The van der Waals surface area contributed by atoms with Crippen LogP contribution >= 0.6 is 15.9 Å². The van der Waals surface area contributed by atoms with E-state index in [0.717, 1.165) is 5.56 Å². The summed E-state index contributed by atoms with van der Waals surface area (Å²) in [6.45, 7) is 0.646. The van der Waals surface area contributed by atoms with Gasteiger partial charge in [-0.15, -0.1) is 0 Å². The second-order valence-electron chi connectivity index (χ2n) is 4.99. The molecule has 1 aliphatic heterocycles. The minimum atomic E-state index is -0.450. The minimum absolute atomic E-state index is 0.183. The van der Waals surface area contributed by atoms with Crippen molar-refractivity contribution in [1.29, 1.82) is 0 Å². The van der Waals surface area contributed by atoms with Crippen molar-refractivity contribution >= 4 is 27.5 Å². The van der Waals surface area contributed by atoms with Crippen molar-refractivity contribution < 1.29 is 9.18 Å². The third-order valence-electron chi connectivity index (χ3n) is 3.61. The van der Waals surface area contributed by atoms with Gasteiger partial charge in [0.2, 0.25) is 5.91 Å². The Kier molecular flexibility index (Phi) is 4.03. The number of rotatable bonds is 2. The number of amides is 1. The topological polar surface area (TPSA) is 41.1 Å². The molecule has 3 rings (SSSR count). The van der Waals surface area contributed by atoms with E-state index >= 15 is 0 Å². The van der Waals surface area contributed by atoms with Gasteiger partial charge < -0.3 is 10.6 Å². The molecule has 0 saturated heterocycles. The van der Waals surface area contributed by atoms with Gasteiger partial charge in [-0.05, 0) is 45.6 Å². The first-order valence-corrected chi connectivity index (χ1v) is 7.49. The number of carbonyl (C=O) groups excluding carboxylic acids is 1.